The van der Waals surface area contributed by atoms with Crippen molar-refractivity contribution in [1.29, 1.82) is 5.26 Å². The van der Waals surface area contributed by atoms with Crippen molar-refractivity contribution >= 4 is 23.2 Å². The maximum atomic E-state index is 12.5. The van der Waals surface area contributed by atoms with Crippen LogP contribution in [0.1, 0.15) is 27.3 Å². The zero-order valence-corrected chi connectivity index (χ0v) is 14.2. The van der Waals surface area contributed by atoms with Crippen molar-refractivity contribution < 1.29 is 4.79 Å². The minimum absolute atomic E-state index is 0.126. The topological polar surface area (TPSA) is 58.7 Å². The number of nitriles is 1. The molecule has 24 heavy (non-hydrogen) atoms. The number of nitrogens with zero attached hydrogens (tertiary/aromatic N) is 3. The highest BCUT2D eigenvalue weighted by Gasteiger charge is 2.15. The summed E-state index contributed by atoms with van der Waals surface area (Å²) >= 11 is 1.54. The van der Waals surface area contributed by atoms with Gasteiger partial charge in [0.25, 0.3) is 0 Å². The van der Waals surface area contributed by atoms with Gasteiger partial charge in [0.2, 0.25) is 5.78 Å². The SMILES string of the molecule is Cc1cc(/C=C(\C#N)C(=O)c2ccccc2)c(C)n1-c1nccs1. The van der Waals surface area contributed by atoms with E-state index in [-0.39, 0.29) is 11.4 Å². The Morgan fingerprint density at radius 1 is 1.29 bits per heavy atom. The molecular weight excluding hydrogens is 318 g/mol. The average Bonchev–Trinajstić information content (AvgIpc) is 3.21. The molecule has 0 aliphatic heterocycles. The van der Waals surface area contributed by atoms with Gasteiger partial charge in [-0.3, -0.25) is 9.36 Å². The number of rotatable bonds is 4. The molecule has 2 aromatic heterocycles. The van der Waals surface area contributed by atoms with Crippen LogP contribution in [0.25, 0.3) is 11.2 Å². The van der Waals surface area contributed by atoms with Gasteiger partial charge in [0.05, 0.1) is 0 Å². The Kier molecular flexibility index (Phi) is 4.41. The highest BCUT2D eigenvalue weighted by atomic mass is 32.1. The van der Waals surface area contributed by atoms with E-state index in [0.29, 0.717) is 5.56 Å². The van der Waals surface area contributed by atoms with Gasteiger partial charge in [0.1, 0.15) is 11.6 Å². The van der Waals surface area contributed by atoms with E-state index in [2.05, 4.69) is 4.98 Å². The molecule has 0 spiro atoms. The summed E-state index contributed by atoms with van der Waals surface area (Å²) in [6.45, 7) is 3.94. The first kappa shape index (κ1) is 15.9. The number of Topliss-reactive ketones (excluding diaryl/α,β-unsaturated/α-hetero) is 1. The van der Waals surface area contributed by atoms with Crippen LogP contribution >= 0.6 is 11.3 Å². The summed E-state index contributed by atoms with van der Waals surface area (Å²) in [7, 11) is 0. The minimum atomic E-state index is -0.267. The second kappa shape index (κ2) is 6.65. The summed E-state index contributed by atoms with van der Waals surface area (Å²) in [6, 6.07) is 12.8. The lowest BCUT2D eigenvalue weighted by Crippen LogP contribution is -2.02. The number of thiazole rings is 1. The van der Waals surface area contributed by atoms with Gasteiger partial charge in [0.15, 0.2) is 5.13 Å². The lowest BCUT2D eigenvalue weighted by molar-refractivity contribution is 0.104. The molecule has 2 heterocycles. The molecule has 0 amide bonds. The molecule has 0 radical (unpaired) electrons. The Hall–Kier alpha value is -2.97. The normalized spacial score (nSPS) is 11.3. The van der Waals surface area contributed by atoms with Crippen LogP contribution in [0.3, 0.4) is 0 Å². The molecule has 4 nitrogen and oxygen atoms in total. The molecule has 118 valence electrons. The standard InChI is InChI=1S/C19H15N3OS/c1-13-10-16(14(2)22(13)19-21-8-9-24-19)11-17(12-20)18(23)15-6-4-3-5-7-15/h3-11H,1-2H3/b17-11+. The van der Waals surface area contributed by atoms with Crippen LogP contribution in [-0.2, 0) is 0 Å². The lowest BCUT2D eigenvalue weighted by Gasteiger charge is -2.04. The summed E-state index contributed by atoms with van der Waals surface area (Å²) in [6.07, 6.45) is 3.41. The summed E-state index contributed by atoms with van der Waals surface area (Å²) in [5.41, 5.74) is 3.46. The van der Waals surface area contributed by atoms with Gasteiger partial charge in [-0.05, 0) is 31.6 Å². The van der Waals surface area contributed by atoms with Crippen LogP contribution in [0.5, 0.6) is 0 Å². The van der Waals surface area contributed by atoms with Gasteiger partial charge < -0.3 is 0 Å². The Morgan fingerprint density at radius 3 is 2.67 bits per heavy atom. The lowest BCUT2D eigenvalue weighted by atomic mass is 10.0. The first-order valence-corrected chi connectivity index (χ1v) is 8.30. The maximum absolute atomic E-state index is 12.5. The van der Waals surface area contributed by atoms with Gasteiger partial charge in [-0.15, -0.1) is 11.3 Å². The predicted octanol–water partition coefficient (Wildman–Crippen LogP) is 4.34. The first-order valence-electron chi connectivity index (χ1n) is 7.42. The van der Waals surface area contributed by atoms with Crippen molar-refractivity contribution in [3.05, 3.63) is 76.1 Å². The van der Waals surface area contributed by atoms with Crippen LogP contribution in [0.15, 0.2) is 53.5 Å². The number of carbonyl (C=O) groups excluding carboxylic acids is 1. The number of allylic oxidation sites excluding steroid dienone is 1. The summed E-state index contributed by atoms with van der Waals surface area (Å²) in [5, 5.41) is 12.2. The van der Waals surface area contributed by atoms with Crippen molar-refractivity contribution in [3.8, 4) is 11.2 Å². The van der Waals surface area contributed by atoms with Gasteiger partial charge in [-0.2, -0.15) is 5.26 Å². The summed E-state index contributed by atoms with van der Waals surface area (Å²) in [5.74, 6) is -0.267. The molecule has 0 N–H and O–H groups in total. The van der Waals surface area contributed by atoms with E-state index < -0.39 is 0 Å². The molecule has 0 saturated heterocycles. The number of aromatic nitrogens is 2. The fraction of sp³-hybridized carbons (Fsp3) is 0.105. The van der Waals surface area contributed by atoms with Crippen LogP contribution in [0.4, 0.5) is 0 Å². The van der Waals surface area contributed by atoms with E-state index in [1.165, 1.54) is 0 Å². The molecule has 1 aromatic carbocycles. The Balaban J connectivity index is 2.03. The Morgan fingerprint density at radius 2 is 2.04 bits per heavy atom. The number of ketones is 1. The smallest absolute Gasteiger partial charge is 0.203 e. The van der Waals surface area contributed by atoms with Crippen molar-refractivity contribution in [2.45, 2.75) is 13.8 Å². The van der Waals surface area contributed by atoms with E-state index in [1.807, 2.05) is 42.0 Å². The van der Waals surface area contributed by atoms with Gasteiger partial charge in [-0.25, -0.2) is 4.98 Å². The van der Waals surface area contributed by atoms with E-state index in [0.717, 1.165) is 22.1 Å². The van der Waals surface area contributed by atoms with E-state index >= 15 is 0 Å². The van der Waals surface area contributed by atoms with Crippen LogP contribution in [0, 0.1) is 25.2 Å². The van der Waals surface area contributed by atoms with Crippen LogP contribution < -0.4 is 0 Å². The van der Waals surface area contributed by atoms with Crippen molar-refractivity contribution in [1.82, 2.24) is 9.55 Å². The summed E-state index contributed by atoms with van der Waals surface area (Å²) < 4.78 is 2.03. The number of benzene rings is 1. The molecule has 0 aliphatic rings. The van der Waals surface area contributed by atoms with Crippen molar-refractivity contribution in [3.63, 3.8) is 0 Å². The Labute approximate surface area is 144 Å². The fourth-order valence-corrected chi connectivity index (χ4v) is 3.36. The average molecular weight is 333 g/mol. The molecule has 0 saturated carbocycles. The number of hydrogen-bond acceptors (Lipinski definition) is 4. The quantitative estimate of drug-likeness (QED) is 0.405. The van der Waals surface area contributed by atoms with Crippen molar-refractivity contribution in [2.24, 2.45) is 0 Å². The van der Waals surface area contributed by atoms with Gasteiger partial charge in [-0.1, -0.05) is 30.3 Å². The summed E-state index contributed by atoms with van der Waals surface area (Å²) in [4.78, 5) is 16.8. The highest BCUT2D eigenvalue weighted by Crippen LogP contribution is 2.24. The van der Waals surface area contributed by atoms with Gasteiger partial charge in [0, 0.05) is 28.5 Å². The molecule has 0 fully saturated rings. The number of aryl methyl sites for hydroxylation is 1. The molecule has 3 aromatic rings. The highest BCUT2D eigenvalue weighted by molar-refractivity contribution is 7.12. The molecule has 0 bridgehead atoms. The second-order valence-electron chi connectivity index (χ2n) is 5.34. The zero-order valence-electron chi connectivity index (χ0n) is 13.4. The molecule has 0 unspecified atom stereocenters. The van der Waals surface area contributed by atoms with E-state index in [9.17, 15) is 10.1 Å². The van der Waals surface area contributed by atoms with Crippen LogP contribution in [-0.4, -0.2) is 15.3 Å². The maximum Gasteiger partial charge on any atom is 0.203 e. The molecule has 3 rings (SSSR count). The Bertz CT molecular complexity index is 945. The molecule has 5 heteroatoms. The molecule has 0 aliphatic carbocycles. The first-order chi connectivity index (χ1) is 11.6. The van der Waals surface area contributed by atoms with Crippen LogP contribution in [0.2, 0.25) is 0 Å². The monoisotopic (exact) mass is 333 g/mol. The second-order valence-corrected chi connectivity index (χ2v) is 6.21. The van der Waals surface area contributed by atoms with Crippen molar-refractivity contribution in [2.75, 3.05) is 0 Å². The minimum Gasteiger partial charge on any atom is -0.294 e. The molecular formula is C19H15N3OS. The number of hydrogen-bond donors (Lipinski definition) is 0. The predicted molar refractivity (Wildman–Crippen MR) is 95.3 cm³/mol. The third kappa shape index (κ3) is 2.92. The fourth-order valence-electron chi connectivity index (χ4n) is 2.60. The van der Waals surface area contributed by atoms with E-state index in [4.69, 9.17) is 0 Å². The van der Waals surface area contributed by atoms with Gasteiger partial charge >= 0.3 is 0 Å². The molecule has 0 atom stereocenters. The number of carbonyl (C=O) groups is 1. The van der Waals surface area contributed by atoms with E-state index in [1.54, 1.807) is 47.9 Å². The third-order valence-corrected chi connectivity index (χ3v) is 4.54. The largest absolute Gasteiger partial charge is 0.294 e. The zero-order chi connectivity index (χ0) is 17.1. The third-order valence-electron chi connectivity index (χ3n) is 3.78.